The quantitative estimate of drug-likeness (QED) is 0.435. The first-order valence-corrected chi connectivity index (χ1v) is 8.41. The lowest BCUT2D eigenvalue weighted by Gasteiger charge is -2.39. The number of ether oxygens (including phenoxy) is 1. The average Bonchev–Trinajstić information content (AvgIpc) is 2.52. The lowest BCUT2D eigenvalue weighted by Crippen LogP contribution is -2.58. The van der Waals surface area contributed by atoms with E-state index in [0.29, 0.717) is 11.9 Å². The second-order valence-corrected chi connectivity index (χ2v) is 7.04. The van der Waals surface area contributed by atoms with Gasteiger partial charge in [0.05, 0.1) is 16.9 Å². The summed E-state index contributed by atoms with van der Waals surface area (Å²) < 4.78 is 100. The second-order valence-electron chi connectivity index (χ2n) is 6.02. The number of rotatable bonds is 4. The largest absolute Gasteiger partial charge is 0.414 e. The van der Waals surface area contributed by atoms with E-state index in [1.54, 1.807) is 0 Å². The summed E-state index contributed by atoms with van der Waals surface area (Å²) in [5.74, 6) is 0. The van der Waals surface area contributed by atoms with Gasteiger partial charge in [0.2, 0.25) is 0 Å². The molecule has 0 heterocycles. The highest BCUT2D eigenvalue weighted by Crippen LogP contribution is 2.38. The number of methoxy groups -OCH3 is 1. The molecule has 2 rings (SSSR count). The molecule has 11 heteroatoms. The van der Waals surface area contributed by atoms with E-state index in [1.807, 2.05) is 0 Å². The van der Waals surface area contributed by atoms with Crippen molar-refractivity contribution in [3.8, 4) is 0 Å². The van der Waals surface area contributed by atoms with Crippen molar-refractivity contribution in [2.75, 3.05) is 7.11 Å². The predicted molar refractivity (Wildman–Crippen MR) is 78.1 cm³/mol. The molecule has 3 nitrogen and oxygen atoms in total. The van der Waals surface area contributed by atoms with Crippen molar-refractivity contribution in [2.45, 2.75) is 67.2 Å². The minimum atomic E-state index is -4.66. The Hall–Kier alpha value is -0.520. The lowest BCUT2D eigenvalue weighted by atomic mass is 9.90. The molecule has 146 valence electrons. The lowest BCUT2D eigenvalue weighted by molar-refractivity contribution is -0.108. The summed E-state index contributed by atoms with van der Waals surface area (Å²) in [6, 6.07) is -0.721. The molecule has 0 amide bonds. The molecule has 25 heavy (non-hydrogen) atoms. The fourth-order valence-corrected chi connectivity index (χ4v) is 4.04. The third-order valence-corrected chi connectivity index (χ3v) is 5.58. The van der Waals surface area contributed by atoms with Crippen LogP contribution in [0.3, 0.4) is 0 Å². The van der Waals surface area contributed by atoms with Gasteiger partial charge in [-0.3, -0.25) is 4.72 Å². The van der Waals surface area contributed by atoms with Gasteiger partial charge in [-0.1, -0.05) is 18.0 Å². The fourth-order valence-electron chi connectivity index (χ4n) is 2.94. The maximum Gasteiger partial charge on any atom is 0.414 e. The number of halogens is 7. The monoisotopic (exact) mass is 397 g/mol. The van der Waals surface area contributed by atoms with Crippen molar-refractivity contribution in [3.05, 3.63) is 11.6 Å². The second kappa shape index (κ2) is 8.01. The third kappa shape index (κ3) is 4.42. The predicted octanol–water partition coefficient (Wildman–Crippen LogP) is 2.99. The highest BCUT2D eigenvalue weighted by Gasteiger charge is 2.54. The zero-order valence-electron chi connectivity index (χ0n) is 13.0. The van der Waals surface area contributed by atoms with Gasteiger partial charge in [0.25, 0.3) is 0 Å². The van der Waals surface area contributed by atoms with E-state index >= 15 is 0 Å². The Bertz CT molecular complexity index is 476. The SMILES string of the molecule is COC1C(F)C(F)C(SNC2CC=C(C(F)(F)F)C(O)C2)C(F)C1F. The molecule has 0 spiro atoms. The molecule has 0 radical (unpaired) electrons. The molecule has 0 saturated heterocycles. The Morgan fingerprint density at radius 1 is 1.12 bits per heavy atom. The molecule has 0 aromatic carbocycles. The first-order valence-electron chi connectivity index (χ1n) is 7.53. The molecule has 6 unspecified atom stereocenters. The number of nitrogens with one attached hydrogen (secondary N) is 1. The van der Waals surface area contributed by atoms with Crippen LogP contribution in [-0.2, 0) is 4.74 Å². The van der Waals surface area contributed by atoms with E-state index in [9.17, 15) is 35.8 Å². The fraction of sp³-hybridized carbons (Fsp3) is 0.857. The molecule has 6 atom stereocenters. The van der Waals surface area contributed by atoms with Gasteiger partial charge in [0.15, 0.2) is 12.3 Å². The van der Waals surface area contributed by atoms with E-state index in [1.165, 1.54) is 0 Å². The maximum absolute atomic E-state index is 14.0. The summed E-state index contributed by atoms with van der Waals surface area (Å²) in [5.41, 5.74) is -1.07. The number of alkyl halides is 7. The number of hydrogen-bond donors (Lipinski definition) is 2. The zero-order valence-corrected chi connectivity index (χ0v) is 13.8. The summed E-state index contributed by atoms with van der Waals surface area (Å²) in [6.45, 7) is 0. The van der Waals surface area contributed by atoms with Crippen molar-refractivity contribution in [3.63, 3.8) is 0 Å². The van der Waals surface area contributed by atoms with E-state index in [-0.39, 0.29) is 12.8 Å². The van der Waals surface area contributed by atoms with Gasteiger partial charge >= 0.3 is 6.18 Å². The van der Waals surface area contributed by atoms with Crippen LogP contribution in [0.15, 0.2) is 11.6 Å². The van der Waals surface area contributed by atoms with E-state index in [2.05, 4.69) is 9.46 Å². The normalized spacial score (nSPS) is 43.0. The number of aliphatic hydroxyl groups excluding tert-OH is 1. The highest BCUT2D eigenvalue weighted by molar-refractivity contribution is 7.98. The third-order valence-electron chi connectivity index (χ3n) is 4.32. The van der Waals surface area contributed by atoms with Crippen LogP contribution < -0.4 is 4.72 Å². The van der Waals surface area contributed by atoms with Crippen LogP contribution >= 0.6 is 11.9 Å². The van der Waals surface area contributed by atoms with Crippen LogP contribution in [0.4, 0.5) is 30.7 Å². The molecular formula is C14H18F7NO2S. The molecule has 0 bridgehead atoms. The first kappa shape index (κ1) is 20.8. The number of aliphatic hydroxyl groups is 1. The Morgan fingerprint density at radius 2 is 1.68 bits per heavy atom. The van der Waals surface area contributed by atoms with Crippen LogP contribution in [0.1, 0.15) is 12.8 Å². The van der Waals surface area contributed by atoms with Crippen LogP contribution in [0.5, 0.6) is 0 Å². The molecule has 0 aromatic heterocycles. The molecule has 2 aliphatic rings. The van der Waals surface area contributed by atoms with Crippen molar-refractivity contribution in [2.24, 2.45) is 0 Å². The molecular weight excluding hydrogens is 379 g/mol. The van der Waals surface area contributed by atoms with E-state index in [0.717, 1.165) is 13.2 Å². The van der Waals surface area contributed by atoms with Crippen LogP contribution in [0, 0.1) is 0 Å². The molecule has 0 aliphatic heterocycles. The van der Waals surface area contributed by atoms with Crippen molar-refractivity contribution in [1.29, 1.82) is 0 Å². The van der Waals surface area contributed by atoms with Crippen LogP contribution in [0.2, 0.25) is 0 Å². The smallest absolute Gasteiger partial charge is 0.388 e. The van der Waals surface area contributed by atoms with Crippen LogP contribution in [0.25, 0.3) is 0 Å². The summed E-state index contributed by atoms with van der Waals surface area (Å²) in [6.07, 6.45) is -17.4. The first-order chi connectivity index (χ1) is 11.6. The summed E-state index contributed by atoms with van der Waals surface area (Å²) in [7, 11) is 0.947. The van der Waals surface area contributed by atoms with Gasteiger partial charge in [-0.2, -0.15) is 13.2 Å². The van der Waals surface area contributed by atoms with Crippen molar-refractivity contribution in [1.82, 2.24) is 4.72 Å². The standard InChI is InChI=1S/C14H18F7NO2S/c1-24-12-8(15)10(17)13(11(18)9(12)16)25-22-5-2-3-6(7(23)4-5)14(19,20)21/h3,5,7-13,22-23H,2,4H2,1H3. The minimum absolute atomic E-state index is 0.141. The van der Waals surface area contributed by atoms with E-state index in [4.69, 9.17) is 0 Å². The van der Waals surface area contributed by atoms with Crippen molar-refractivity contribution >= 4 is 11.9 Å². The average molecular weight is 397 g/mol. The summed E-state index contributed by atoms with van der Waals surface area (Å²) >= 11 is 0.394. The molecule has 2 aliphatic carbocycles. The van der Waals surface area contributed by atoms with Gasteiger partial charge < -0.3 is 9.84 Å². The van der Waals surface area contributed by atoms with Gasteiger partial charge in [-0.05, 0) is 12.8 Å². The Balaban J connectivity index is 1.96. The Labute approximate surface area is 144 Å². The zero-order chi connectivity index (χ0) is 18.9. The summed E-state index contributed by atoms with van der Waals surface area (Å²) in [4.78, 5) is 0. The maximum atomic E-state index is 14.0. The van der Waals surface area contributed by atoms with Crippen LogP contribution in [-0.4, -0.2) is 66.6 Å². The molecule has 1 fully saturated rings. The molecule has 0 aromatic rings. The number of hydrogen-bond acceptors (Lipinski definition) is 4. The summed E-state index contributed by atoms with van der Waals surface area (Å²) in [5, 5.41) is 7.82. The van der Waals surface area contributed by atoms with Crippen molar-refractivity contribution < 1.29 is 40.6 Å². The minimum Gasteiger partial charge on any atom is -0.388 e. The Morgan fingerprint density at radius 3 is 2.12 bits per heavy atom. The van der Waals surface area contributed by atoms with Gasteiger partial charge in [-0.15, -0.1) is 0 Å². The molecule has 2 N–H and O–H groups in total. The van der Waals surface area contributed by atoms with Gasteiger partial charge in [0, 0.05) is 13.2 Å². The highest BCUT2D eigenvalue weighted by atomic mass is 32.2. The van der Waals surface area contributed by atoms with Gasteiger partial charge in [0.1, 0.15) is 18.4 Å². The Kier molecular flexibility index (Phi) is 6.66. The molecule has 1 saturated carbocycles. The van der Waals surface area contributed by atoms with E-state index < -0.39 is 59.9 Å². The topological polar surface area (TPSA) is 41.5 Å². The van der Waals surface area contributed by atoms with Gasteiger partial charge in [-0.25, -0.2) is 17.6 Å².